The van der Waals surface area contributed by atoms with E-state index in [2.05, 4.69) is 36.8 Å². The van der Waals surface area contributed by atoms with Gasteiger partial charge in [0, 0.05) is 15.7 Å². The number of nitrogens with zero attached hydrogens (tertiary/aromatic N) is 4. The Balaban J connectivity index is 1.85. The van der Waals surface area contributed by atoms with Crippen LogP contribution in [0.4, 0.5) is 5.95 Å². The molecule has 1 aromatic heterocycles. The second-order valence-corrected chi connectivity index (χ2v) is 6.95. The minimum absolute atomic E-state index is 0.249. The first-order chi connectivity index (χ1) is 11.6. The summed E-state index contributed by atoms with van der Waals surface area (Å²) in [7, 11) is 0. The van der Waals surface area contributed by atoms with Crippen molar-refractivity contribution < 1.29 is 0 Å². The minimum Gasteiger partial charge on any atom is -0.323 e. The fraction of sp³-hybridized carbons (Fsp3) is 0.0625. The molecule has 0 aliphatic carbocycles. The Morgan fingerprint density at radius 1 is 1.08 bits per heavy atom. The molecule has 1 aliphatic rings. The van der Waals surface area contributed by atoms with Gasteiger partial charge < -0.3 is 5.32 Å². The van der Waals surface area contributed by atoms with Crippen LogP contribution in [0.25, 0.3) is 5.70 Å². The first-order valence-electron chi connectivity index (χ1n) is 7.10. The molecule has 4 rings (SSSR count). The standard InChI is InChI=1S/C16H10BrCl2N5/c17-10-6-4-9(5-7-10)13-8-14(24-16(20-13)21-22-23-24)11-2-1-3-12(18)15(11)19/h1-8,14H,(H,20,21,23)/t14-/m0/s1. The van der Waals surface area contributed by atoms with Gasteiger partial charge in [-0.2, -0.15) is 4.68 Å². The van der Waals surface area contributed by atoms with Crippen LogP contribution in [0.1, 0.15) is 17.2 Å². The quantitative estimate of drug-likeness (QED) is 0.644. The SMILES string of the molecule is Clc1cccc([C@@H]2C=C(c3ccc(Br)cc3)Nc3nnnn32)c1Cl. The van der Waals surface area contributed by atoms with E-state index in [0.29, 0.717) is 16.0 Å². The summed E-state index contributed by atoms with van der Waals surface area (Å²) >= 11 is 16.0. The summed E-state index contributed by atoms with van der Waals surface area (Å²) in [6.07, 6.45) is 2.03. The van der Waals surface area contributed by atoms with Crippen molar-refractivity contribution in [2.45, 2.75) is 6.04 Å². The topological polar surface area (TPSA) is 55.6 Å². The number of aromatic nitrogens is 4. The van der Waals surface area contributed by atoms with Crippen LogP contribution in [0.5, 0.6) is 0 Å². The van der Waals surface area contributed by atoms with Crippen LogP contribution in [0, 0.1) is 0 Å². The van der Waals surface area contributed by atoms with E-state index in [0.717, 1.165) is 21.3 Å². The highest BCUT2D eigenvalue weighted by atomic mass is 79.9. The van der Waals surface area contributed by atoms with E-state index in [1.165, 1.54) is 0 Å². The number of halogens is 3. The summed E-state index contributed by atoms with van der Waals surface area (Å²) < 4.78 is 2.70. The molecular formula is C16H10BrCl2N5. The Labute approximate surface area is 156 Å². The lowest BCUT2D eigenvalue weighted by Crippen LogP contribution is -2.20. The monoisotopic (exact) mass is 421 g/mol. The van der Waals surface area contributed by atoms with Crippen LogP contribution in [0.15, 0.2) is 53.0 Å². The normalized spacial score (nSPS) is 16.3. The zero-order valence-electron chi connectivity index (χ0n) is 12.1. The van der Waals surface area contributed by atoms with Gasteiger partial charge in [-0.25, -0.2) is 0 Å². The predicted molar refractivity (Wildman–Crippen MR) is 98.2 cm³/mol. The van der Waals surface area contributed by atoms with Gasteiger partial charge in [-0.1, -0.05) is 68.5 Å². The van der Waals surface area contributed by atoms with Gasteiger partial charge >= 0.3 is 0 Å². The molecule has 0 saturated heterocycles. The molecule has 0 saturated carbocycles. The molecule has 2 heterocycles. The smallest absolute Gasteiger partial charge is 0.248 e. The van der Waals surface area contributed by atoms with E-state index >= 15 is 0 Å². The summed E-state index contributed by atoms with van der Waals surface area (Å²) in [5.74, 6) is 0.552. The molecule has 1 aliphatic heterocycles. The lowest BCUT2D eigenvalue weighted by Gasteiger charge is -2.24. The summed E-state index contributed by atoms with van der Waals surface area (Å²) in [4.78, 5) is 0. The van der Waals surface area contributed by atoms with Gasteiger partial charge in [-0.15, -0.1) is 0 Å². The number of tetrazole rings is 1. The number of anilines is 1. The third-order valence-electron chi connectivity index (χ3n) is 3.78. The zero-order valence-corrected chi connectivity index (χ0v) is 15.2. The first-order valence-corrected chi connectivity index (χ1v) is 8.65. The predicted octanol–water partition coefficient (Wildman–Crippen LogP) is 4.80. The summed E-state index contributed by atoms with van der Waals surface area (Å²) in [5.41, 5.74) is 2.77. The first kappa shape index (κ1) is 15.6. The molecule has 3 aromatic rings. The highest BCUT2D eigenvalue weighted by Gasteiger charge is 2.26. The van der Waals surface area contributed by atoms with E-state index in [9.17, 15) is 0 Å². The molecule has 0 spiro atoms. The average Bonchev–Trinajstić information content (AvgIpc) is 3.06. The second kappa shape index (κ2) is 6.20. The van der Waals surface area contributed by atoms with Crippen molar-refractivity contribution in [2.75, 3.05) is 5.32 Å². The molecule has 5 nitrogen and oxygen atoms in total. The molecule has 0 radical (unpaired) electrons. The maximum Gasteiger partial charge on any atom is 0.248 e. The molecule has 1 N–H and O–H groups in total. The lowest BCUT2D eigenvalue weighted by molar-refractivity contribution is 0.586. The maximum atomic E-state index is 6.40. The van der Waals surface area contributed by atoms with Crippen molar-refractivity contribution in [3.8, 4) is 0 Å². The molecule has 0 fully saturated rings. The van der Waals surface area contributed by atoms with Gasteiger partial charge in [-0.05, 0) is 40.3 Å². The van der Waals surface area contributed by atoms with E-state index in [1.807, 2.05) is 42.5 Å². The van der Waals surface area contributed by atoms with E-state index in [4.69, 9.17) is 23.2 Å². The third-order valence-corrected chi connectivity index (χ3v) is 5.14. The highest BCUT2D eigenvalue weighted by molar-refractivity contribution is 9.10. The number of allylic oxidation sites excluding steroid dienone is 1. The van der Waals surface area contributed by atoms with Crippen molar-refractivity contribution in [2.24, 2.45) is 0 Å². The fourth-order valence-corrected chi connectivity index (χ4v) is 3.31. The van der Waals surface area contributed by atoms with Gasteiger partial charge in [0.25, 0.3) is 0 Å². The molecule has 1 atom stereocenters. The summed E-state index contributed by atoms with van der Waals surface area (Å²) in [6, 6.07) is 13.3. The number of hydrogen-bond donors (Lipinski definition) is 1. The van der Waals surface area contributed by atoms with E-state index in [1.54, 1.807) is 10.7 Å². The number of hydrogen-bond acceptors (Lipinski definition) is 4. The van der Waals surface area contributed by atoms with Crippen LogP contribution in [0.3, 0.4) is 0 Å². The Hall–Kier alpha value is -1.89. The molecule has 0 bridgehead atoms. The third kappa shape index (κ3) is 2.70. The number of benzene rings is 2. The van der Waals surface area contributed by atoms with Crippen LogP contribution in [-0.4, -0.2) is 20.2 Å². The number of nitrogens with one attached hydrogen (secondary N) is 1. The van der Waals surface area contributed by atoms with Crippen LogP contribution < -0.4 is 5.32 Å². The number of rotatable bonds is 2. The lowest BCUT2D eigenvalue weighted by atomic mass is 10.0. The van der Waals surface area contributed by atoms with Gasteiger partial charge in [0.05, 0.1) is 10.0 Å². The molecule has 2 aromatic carbocycles. The van der Waals surface area contributed by atoms with Crippen molar-refractivity contribution >= 4 is 50.8 Å². The highest BCUT2D eigenvalue weighted by Crippen LogP contribution is 2.37. The Morgan fingerprint density at radius 3 is 2.67 bits per heavy atom. The van der Waals surface area contributed by atoms with Gasteiger partial charge in [-0.3, -0.25) is 0 Å². The van der Waals surface area contributed by atoms with Crippen molar-refractivity contribution in [3.05, 3.63) is 74.2 Å². The molecule has 0 amide bonds. The minimum atomic E-state index is -0.249. The average molecular weight is 423 g/mol. The number of fused-ring (bicyclic) bond motifs is 1. The molecular weight excluding hydrogens is 413 g/mol. The summed E-state index contributed by atoms with van der Waals surface area (Å²) in [5, 5.41) is 16.1. The van der Waals surface area contributed by atoms with Gasteiger partial charge in [0.1, 0.15) is 6.04 Å². The van der Waals surface area contributed by atoms with Gasteiger partial charge in [0.2, 0.25) is 5.95 Å². The van der Waals surface area contributed by atoms with E-state index in [-0.39, 0.29) is 6.04 Å². The molecule has 24 heavy (non-hydrogen) atoms. The summed E-state index contributed by atoms with van der Waals surface area (Å²) in [6.45, 7) is 0. The van der Waals surface area contributed by atoms with Crippen molar-refractivity contribution in [1.29, 1.82) is 0 Å². The molecule has 120 valence electrons. The van der Waals surface area contributed by atoms with Crippen molar-refractivity contribution in [1.82, 2.24) is 20.2 Å². The maximum absolute atomic E-state index is 6.40. The van der Waals surface area contributed by atoms with E-state index < -0.39 is 0 Å². The molecule has 0 unspecified atom stereocenters. The fourth-order valence-electron chi connectivity index (χ4n) is 2.62. The van der Waals surface area contributed by atoms with Crippen LogP contribution in [-0.2, 0) is 0 Å². The second-order valence-electron chi connectivity index (χ2n) is 5.25. The Kier molecular flexibility index (Phi) is 4.04. The zero-order chi connectivity index (χ0) is 16.7. The Morgan fingerprint density at radius 2 is 1.88 bits per heavy atom. The largest absolute Gasteiger partial charge is 0.323 e. The Bertz CT molecular complexity index is 936. The van der Waals surface area contributed by atoms with Gasteiger partial charge in [0.15, 0.2) is 0 Å². The van der Waals surface area contributed by atoms with Crippen LogP contribution >= 0.6 is 39.1 Å². The van der Waals surface area contributed by atoms with Crippen LogP contribution in [0.2, 0.25) is 10.0 Å². The molecule has 8 heteroatoms. The van der Waals surface area contributed by atoms with Crippen molar-refractivity contribution in [3.63, 3.8) is 0 Å².